The Morgan fingerprint density at radius 2 is 2.28 bits per heavy atom. The highest BCUT2D eigenvalue weighted by atomic mass is 32.2. The lowest BCUT2D eigenvalue weighted by Gasteiger charge is -2.30. The summed E-state index contributed by atoms with van der Waals surface area (Å²) in [6.07, 6.45) is 2.72. The number of hydrogen-bond donors (Lipinski definition) is 1. The van der Waals surface area contributed by atoms with E-state index in [-0.39, 0.29) is 17.7 Å². The summed E-state index contributed by atoms with van der Waals surface area (Å²) in [4.78, 5) is 23.2. The van der Waals surface area contributed by atoms with Crippen molar-refractivity contribution < 1.29 is 9.32 Å². The van der Waals surface area contributed by atoms with Gasteiger partial charge < -0.3 is 9.42 Å². The first-order chi connectivity index (χ1) is 12.1. The Morgan fingerprint density at radius 1 is 1.44 bits per heavy atom. The number of nitrogens with zero attached hydrogens (tertiary/aromatic N) is 5. The van der Waals surface area contributed by atoms with Gasteiger partial charge in [-0.2, -0.15) is 4.98 Å². The summed E-state index contributed by atoms with van der Waals surface area (Å²) in [5.74, 6) is 3.02. The lowest BCUT2D eigenvalue weighted by molar-refractivity contribution is -0.129. The molecule has 2 aromatic rings. The highest BCUT2D eigenvalue weighted by Crippen LogP contribution is 2.27. The SMILES string of the molecule is CCc1nc(SCC(=O)N2CCC[C@H](c3nc(C(C)C)no3)C2)n[nH]1. The van der Waals surface area contributed by atoms with E-state index in [0.29, 0.717) is 23.3 Å². The first kappa shape index (κ1) is 17.9. The molecule has 1 fully saturated rings. The number of thioether (sulfide) groups is 1. The van der Waals surface area contributed by atoms with E-state index in [0.717, 1.165) is 37.5 Å². The Bertz CT molecular complexity index is 713. The maximum absolute atomic E-state index is 12.5. The summed E-state index contributed by atoms with van der Waals surface area (Å²) in [7, 11) is 0. The number of piperidine rings is 1. The molecule has 136 valence electrons. The van der Waals surface area contributed by atoms with Crippen molar-refractivity contribution in [3.63, 3.8) is 0 Å². The molecule has 8 nitrogen and oxygen atoms in total. The maximum Gasteiger partial charge on any atom is 0.233 e. The maximum atomic E-state index is 12.5. The average Bonchev–Trinajstić information content (AvgIpc) is 3.29. The standard InChI is InChI=1S/C16H24N6O2S/c1-4-12-17-16(20-19-12)25-9-13(23)22-7-5-6-11(8-22)15-18-14(10(2)3)21-24-15/h10-11H,4-9H2,1-3H3,(H,17,19,20)/t11-/m0/s1. The minimum Gasteiger partial charge on any atom is -0.341 e. The van der Waals surface area contributed by atoms with E-state index in [1.165, 1.54) is 11.8 Å². The quantitative estimate of drug-likeness (QED) is 0.785. The van der Waals surface area contributed by atoms with Gasteiger partial charge in [-0.25, -0.2) is 4.98 Å². The van der Waals surface area contributed by atoms with Crippen LogP contribution < -0.4 is 0 Å². The second-order valence-corrected chi connectivity index (χ2v) is 7.47. The van der Waals surface area contributed by atoms with Crippen molar-refractivity contribution in [1.29, 1.82) is 0 Å². The zero-order valence-electron chi connectivity index (χ0n) is 14.9. The first-order valence-corrected chi connectivity index (χ1v) is 9.70. The summed E-state index contributed by atoms with van der Waals surface area (Å²) >= 11 is 1.37. The molecule has 0 radical (unpaired) electrons. The molecule has 2 aromatic heterocycles. The number of carbonyl (C=O) groups excluding carboxylic acids is 1. The van der Waals surface area contributed by atoms with Crippen LogP contribution in [0.25, 0.3) is 0 Å². The predicted molar refractivity (Wildman–Crippen MR) is 93.4 cm³/mol. The molecule has 1 saturated heterocycles. The van der Waals surface area contributed by atoms with Gasteiger partial charge in [0.1, 0.15) is 5.82 Å². The molecule has 1 aliphatic rings. The van der Waals surface area contributed by atoms with Crippen molar-refractivity contribution >= 4 is 17.7 Å². The van der Waals surface area contributed by atoms with Gasteiger partial charge in [-0.3, -0.25) is 9.89 Å². The van der Waals surface area contributed by atoms with E-state index >= 15 is 0 Å². The third-order valence-corrected chi connectivity index (χ3v) is 5.10. The van der Waals surface area contributed by atoms with Gasteiger partial charge in [-0.05, 0) is 12.8 Å². The van der Waals surface area contributed by atoms with Gasteiger partial charge in [0.15, 0.2) is 5.82 Å². The number of H-pyrrole nitrogens is 1. The fraction of sp³-hybridized carbons (Fsp3) is 0.688. The smallest absolute Gasteiger partial charge is 0.233 e. The van der Waals surface area contributed by atoms with Gasteiger partial charge in [0, 0.05) is 25.4 Å². The number of nitrogens with one attached hydrogen (secondary N) is 1. The van der Waals surface area contributed by atoms with Gasteiger partial charge in [-0.1, -0.05) is 37.7 Å². The van der Waals surface area contributed by atoms with Gasteiger partial charge >= 0.3 is 0 Å². The molecule has 0 spiro atoms. The predicted octanol–water partition coefficient (Wildman–Crippen LogP) is 2.37. The average molecular weight is 364 g/mol. The van der Waals surface area contributed by atoms with Crippen molar-refractivity contribution in [2.75, 3.05) is 18.8 Å². The van der Waals surface area contributed by atoms with Crippen molar-refractivity contribution in [3.8, 4) is 0 Å². The van der Waals surface area contributed by atoms with Gasteiger partial charge in [0.05, 0.1) is 11.7 Å². The summed E-state index contributed by atoms with van der Waals surface area (Å²) in [6, 6.07) is 0. The summed E-state index contributed by atoms with van der Waals surface area (Å²) in [5.41, 5.74) is 0. The second-order valence-electron chi connectivity index (χ2n) is 6.53. The van der Waals surface area contributed by atoms with Crippen LogP contribution in [0.4, 0.5) is 0 Å². The van der Waals surface area contributed by atoms with E-state index in [1.54, 1.807) is 0 Å². The number of amides is 1. The second kappa shape index (κ2) is 7.99. The Kier molecular flexibility index (Phi) is 5.72. The minimum atomic E-state index is 0.0983. The number of likely N-dealkylation sites (tertiary alicyclic amines) is 1. The number of carbonyl (C=O) groups is 1. The normalized spacial score (nSPS) is 18.1. The van der Waals surface area contributed by atoms with E-state index < -0.39 is 0 Å². The lowest BCUT2D eigenvalue weighted by Crippen LogP contribution is -2.40. The molecule has 1 atom stereocenters. The zero-order chi connectivity index (χ0) is 17.8. The highest BCUT2D eigenvalue weighted by molar-refractivity contribution is 7.99. The fourth-order valence-electron chi connectivity index (χ4n) is 2.77. The van der Waals surface area contributed by atoms with Crippen LogP contribution in [0.15, 0.2) is 9.68 Å². The molecule has 1 amide bonds. The largest absolute Gasteiger partial charge is 0.341 e. The van der Waals surface area contributed by atoms with Crippen LogP contribution in [-0.4, -0.2) is 55.0 Å². The summed E-state index contributed by atoms with van der Waals surface area (Å²) < 4.78 is 5.41. The van der Waals surface area contributed by atoms with E-state index in [2.05, 4.69) is 25.3 Å². The van der Waals surface area contributed by atoms with Crippen molar-refractivity contribution in [2.24, 2.45) is 0 Å². The lowest BCUT2D eigenvalue weighted by atomic mass is 9.98. The fourth-order valence-corrected chi connectivity index (χ4v) is 3.49. The number of aromatic amines is 1. The minimum absolute atomic E-state index is 0.0983. The molecule has 25 heavy (non-hydrogen) atoms. The topological polar surface area (TPSA) is 101 Å². The highest BCUT2D eigenvalue weighted by Gasteiger charge is 2.29. The molecule has 3 rings (SSSR count). The molecule has 3 heterocycles. The molecule has 0 saturated carbocycles. The number of aryl methyl sites for hydroxylation is 1. The summed E-state index contributed by atoms with van der Waals surface area (Å²) in [6.45, 7) is 7.49. The molecule has 0 unspecified atom stereocenters. The van der Waals surface area contributed by atoms with Crippen LogP contribution in [0.1, 0.15) is 63.0 Å². The monoisotopic (exact) mass is 364 g/mol. The van der Waals surface area contributed by atoms with Crippen molar-refractivity contribution in [2.45, 2.75) is 57.0 Å². The third-order valence-electron chi connectivity index (χ3n) is 4.27. The van der Waals surface area contributed by atoms with Gasteiger partial charge in [0.2, 0.25) is 17.0 Å². The molecule has 0 bridgehead atoms. The van der Waals surface area contributed by atoms with E-state index in [9.17, 15) is 4.79 Å². The zero-order valence-corrected chi connectivity index (χ0v) is 15.7. The van der Waals surface area contributed by atoms with Gasteiger partial charge in [0.25, 0.3) is 0 Å². The Labute approximate surface area is 151 Å². The van der Waals surface area contributed by atoms with E-state index in [1.807, 2.05) is 25.7 Å². The summed E-state index contributed by atoms with van der Waals surface area (Å²) in [5, 5.41) is 11.6. The number of rotatable bonds is 6. The number of aromatic nitrogens is 5. The molecule has 0 aliphatic carbocycles. The molecular weight excluding hydrogens is 340 g/mol. The Hall–Kier alpha value is -1.90. The first-order valence-electron chi connectivity index (χ1n) is 8.72. The van der Waals surface area contributed by atoms with Crippen molar-refractivity contribution in [3.05, 3.63) is 17.5 Å². The molecule has 1 aliphatic heterocycles. The molecular formula is C16H24N6O2S. The number of hydrogen-bond acceptors (Lipinski definition) is 7. The third kappa shape index (κ3) is 4.39. The van der Waals surface area contributed by atoms with Crippen LogP contribution in [0.2, 0.25) is 0 Å². The molecule has 1 N–H and O–H groups in total. The van der Waals surface area contributed by atoms with Crippen LogP contribution in [0.5, 0.6) is 0 Å². The van der Waals surface area contributed by atoms with Crippen LogP contribution in [0.3, 0.4) is 0 Å². The molecule has 0 aromatic carbocycles. The van der Waals surface area contributed by atoms with E-state index in [4.69, 9.17) is 4.52 Å². The van der Waals surface area contributed by atoms with Crippen LogP contribution in [0, 0.1) is 0 Å². The van der Waals surface area contributed by atoms with Crippen LogP contribution in [-0.2, 0) is 11.2 Å². The van der Waals surface area contributed by atoms with Crippen molar-refractivity contribution in [1.82, 2.24) is 30.2 Å². The Morgan fingerprint density at radius 3 is 2.96 bits per heavy atom. The van der Waals surface area contributed by atoms with Crippen LogP contribution >= 0.6 is 11.8 Å². The van der Waals surface area contributed by atoms with Gasteiger partial charge in [-0.15, -0.1) is 5.10 Å². The molecule has 9 heteroatoms. The Balaban J connectivity index is 1.55.